The molecule has 0 aliphatic heterocycles. The van der Waals surface area contributed by atoms with E-state index >= 15 is 0 Å². The molecule has 6 aromatic carbocycles. The lowest BCUT2D eigenvalue weighted by Gasteiger charge is -2.11. The summed E-state index contributed by atoms with van der Waals surface area (Å²) < 4.78 is 2.17. The minimum atomic E-state index is 0.627. The van der Waals surface area contributed by atoms with Gasteiger partial charge in [-0.25, -0.2) is 19.9 Å². The summed E-state index contributed by atoms with van der Waals surface area (Å²) in [6.07, 6.45) is 1.80. The lowest BCUT2D eigenvalue weighted by molar-refractivity contribution is 1.07. The highest BCUT2D eigenvalue weighted by molar-refractivity contribution is 5.83. The molecule has 0 aliphatic carbocycles. The summed E-state index contributed by atoms with van der Waals surface area (Å²) in [6, 6.07) is 59.9. The zero-order valence-electron chi connectivity index (χ0n) is 27.5. The van der Waals surface area contributed by atoms with Crippen molar-refractivity contribution < 1.29 is 0 Å². The molecule has 0 saturated heterocycles. The monoisotopic (exact) mass is 654 g/mol. The molecule has 9 aromatic rings. The van der Waals surface area contributed by atoms with Crippen LogP contribution in [0, 0.1) is 0 Å². The molecule has 0 amide bonds. The first-order valence-electron chi connectivity index (χ1n) is 16.8. The molecular weight excluding hydrogens is 625 g/mol. The third-order valence-electron chi connectivity index (χ3n) is 8.97. The zero-order valence-corrected chi connectivity index (χ0v) is 27.5. The van der Waals surface area contributed by atoms with Crippen LogP contribution in [0.2, 0.25) is 0 Å². The Morgan fingerprint density at radius 2 is 0.765 bits per heavy atom. The fourth-order valence-corrected chi connectivity index (χ4v) is 6.36. The molecule has 0 saturated carbocycles. The summed E-state index contributed by atoms with van der Waals surface area (Å²) in [5, 5.41) is 0. The molecule has 0 unspecified atom stereocenters. The van der Waals surface area contributed by atoms with Gasteiger partial charge in [0.25, 0.3) is 0 Å². The summed E-state index contributed by atoms with van der Waals surface area (Å²) in [7, 11) is 0. The van der Waals surface area contributed by atoms with Gasteiger partial charge in [-0.05, 0) is 58.7 Å². The standard InChI is InChI=1S/C45H30N6/c1-3-11-31(12-4-1)32-18-22-36(23-19-32)43-48-42(35-13-5-2-6-14-35)49-44(50-43)37-24-20-33(21-25-37)34-26-28-38(29-27-34)51-41-17-8-7-15-39(41)47-45(51)40-16-9-10-30-46-40/h1-30H. The van der Waals surface area contributed by atoms with E-state index in [-0.39, 0.29) is 0 Å². The molecule has 9 rings (SSSR count). The minimum absolute atomic E-state index is 0.627. The van der Waals surface area contributed by atoms with E-state index in [0.717, 1.165) is 61.6 Å². The van der Waals surface area contributed by atoms with E-state index in [9.17, 15) is 0 Å². The van der Waals surface area contributed by atoms with Gasteiger partial charge in [-0.15, -0.1) is 0 Å². The van der Waals surface area contributed by atoms with Gasteiger partial charge >= 0.3 is 0 Å². The van der Waals surface area contributed by atoms with Crippen LogP contribution in [0.25, 0.3) is 84.7 Å². The quantitative estimate of drug-likeness (QED) is 0.171. The Bertz CT molecular complexity index is 2580. The summed E-state index contributed by atoms with van der Waals surface area (Å²) in [6.45, 7) is 0. The fourth-order valence-electron chi connectivity index (χ4n) is 6.36. The van der Waals surface area contributed by atoms with Gasteiger partial charge < -0.3 is 0 Å². The molecule has 0 radical (unpaired) electrons. The molecule has 0 fully saturated rings. The Morgan fingerprint density at radius 1 is 0.333 bits per heavy atom. The first-order chi connectivity index (χ1) is 25.3. The number of para-hydroxylation sites is 2. The van der Waals surface area contributed by atoms with Crippen LogP contribution in [-0.2, 0) is 0 Å². The molecule has 0 aliphatic rings. The maximum absolute atomic E-state index is 4.97. The molecular formula is C45H30N6. The topological polar surface area (TPSA) is 69.4 Å². The van der Waals surface area contributed by atoms with Crippen molar-refractivity contribution in [3.63, 3.8) is 0 Å². The van der Waals surface area contributed by atoms with Crippen molar-refractivity contribution in [2.45, 2.75) is 0 Å². The molecule has 0 bridgehead atoms. The molecule has 0 N–H and O–H groups in total. The second-order valence-corrected chi connectivity index (χ2v) is 12.2. The van der Waals surface area contributed by atoms with Crippen LogP contribution in [0.1, 0.15) is 0 Å². The van der Waals surface area contributed by atoms with Crippen molar-refractivity contribution >= 4 is 11.0 Å². The number of rotatable bonds is 7. The molecule has 6 heteroatoms. The summed E-state index contributed by atoms with van der Waals surface area (Å²) in [5.41, 5.74) is 11.1. The number of aromatic nitrogens is 6. The number of pyridine rings is 1. The molecule has 0 spiro atoms. The largest absolute Gasteiger partial charge is 0.291 e. The minimum Gasteiger partial charge on any atom is -0.291 e. The van der Waals surface area contributed by atoms with Gasteiger partial charge in [0.1, 0.15) is 5.69 Å². The number of benzene rings is 6. The van der Waals surface area contributed by atoms with Crippen molar-refractivity contribution in [3.8, 4) is 73.6 Å². The van der Waals surface area contributed by atoms with Crippen molar-refractivity contribution in [1.29, 1.82) is 0 Å². The number of hydrogen-bond acceptors (Lipinski definition) is 5. The van der Waals surface area contributed by atoms with E-state index in [2.05, 4.69) is 113 Å². The van der Waals surface area contributed by atoms with Gasteiger partial charge in [0, 0.05) is 28.6 Å². The van der Waals surface area contributed by atoms with Crippen molar-refractivity contribution in [1.82, 2.24) is 29.5 Å². The van der Waals surface area contributed by atoms with Crippen LogP contribution < -0.4 is 0 Å². The van der Waals surface area contributed by atoms with Crippen LogP contribution in [-0.4, -0.2) is 29.5 Å². The van der Waals surface area contributed by atoms with Crippen LogP contribution in [0.5, 0.6) is 0 Å². The van der Waals surface area contributed by atoms with Gasteiger partial charge in [0.05, 0.1) is 11.0 Å². The number of hydrogen-bond donors (Lipinski definition) is 0. The summed E-state index contributed by atoms with van der Waals surface area (Å²) in [5.74, 6) is 2.71. The fraction of sp³-hybridized carbons (Fsp3) is 0. The molecule has 240 valence electrons. The average molecular weight is 655 g/mol. The second kappa shape index (κ2) is 13.1. The Balaban J connectivity index is 1.04. The maximum Gasteiger partial charge on any atom is 0.164 e. The zero-order chi connectivity index (χ0) is 34.0. The van der Waals surface area contributed by atoms with E-state index in [1.54, 1.807) is 6.20 Å². The van der Waals surface area contributed by atoms with Gasteiger partial charge in [0.2, 0.25) is 0 Å². The average Bonchev–Trinajstić information content (AvgIpc) is 3.62. The maximum atomic E-state index is 4.97. The van der Waals surface area contributed by atoms with E-state index in [4.69, 9.17) is 19.9 Å². The van der Waals surface area contributed by atoms with Gasteiger partial charge in [0.15, 0.2) is 23.3 Å². The SMILES string of the molecule is c1ccc(-c2ccc(-c3nc(-c4ccccc4)nc(-c4ccc(-c5ccc(-n6c(-c7ccccn7)nc7ccccc76)cc5)cc4)n3)cc2)cc1. The van der Waals surface area contributed by atoms with Crippen LogP contribution in [0.15, 0.2) is 182 Å². The predicted octanol–water partition coefficient (Wildman–Crippen LogP) is 10.6. The second-order valence-electron chi connectivity index (χ2n) is 12.2. The predicted molar refractivity (Wildman–Crippen MR) is 205 cm³/mol. The van der Waals surface area contributed by atoms with Crippen LogP contribution >= 0.6 is 0 Å². The highest BCUT2D eigenvalue weighted by atomic mass is 15.1. The lowest BCUT2D eigenvalue weighted by atomic mass is 10.0. The summed E-state index contributed by atoms with van der Waals surface area (Å²) in [4.78, 5) is 24.3. The van der Waals surface area contributed by atoms with Crippen molar-refractivity contribution in [2.24, 2.45) is 0 Å². The molecule has 6 nitrogen and oxygen atoms in total. The Labute approximate surface area is 295 Å². The van der Waals surface area contributed by atoms with Crippen LogP contribution in [0.3, 0.4) is 0 Å². The number of imidazole rings is 1. The third-order valence-corrected chi connectivity index (χ3v) is 8.97. The van der Waals surface area contributed by atoms with E-state index in [1.807, 2.05) is 72.8 Å². The first-order valence-corrected chi connectivity index (χ1v) is 16.8. The highest BCUT2D eigenvalue weighted by Gasteiger charge is 2.16. The Hall–Kier alpha value is -7.05. The lowest BCUT2D eigenvalue weighted by Crippen LogP contribution is -2.00. The molecule has 0 atom stereocenters. The Morgan fingerprint density at radius 3 is 1.31 bits per heavy atom. The number of fused-ring (bicyclic) bond motifs is 1. The van der Waals surface area contributed by atoms with E-state index in [1.165, 1.54) is 5.56 Å². The highest BCUT2D eigenvalue weighted by Crippen LogP contribution is 2.31. The van der Waals surface area contributed by atoms with Crippen molar-refractivity contribution in [3.05, 3.63) is 182 Å². The first kappa shape index (κ1) is 30.0. The summed E-state index contributed by atoms with van der Waals surface area (Å²) >= 11 is 0. The number of nitrogens with zero attached hydrogens (tertiary/aromatic N) is 6. The van der Waals surface area contributed by atoms with Gasteiger partial charge in [-0.1, -0.05) is 140 Å². The molecule has 3 heterocycles. The Kier molecular flexibility index (Phi) is 7.72. The van der Waals surface area contributed by atoms with E-state index < -0.39 is 0 Å². The van der Waals surface area contributed by atoms with Crippen LogP contribution in [0.4, 0.5) is 0 Å². The molecule has 3 aromatic heterocycles. The van der Waals surface area contributed by atoms with E-state index in [0.29, 0.717) is 17.5 Å². The third kappa shape index (κ3) is 5.96. The molecule has 51 heavy (non-hydrogen) atoms. The smallest absolute Gasteiger partial charge is 0.164 e. The van der Waals surface area contributed by atoms with Crippen molar-refractivity contribution in [2.75, 3.05) is 0 Å². The normalized spacial score (nSPS) is 11.1. The van der Waals surface area contributed by atoms with Gasteiger partial charge in [-0.3, -0.25) is 9.55 Å². The van der Waals surface area contributed by atoms with Gasteiger partial charge in [-0.2, -0.15) is 0 Å².